The first-order valence-corrected chi connectivity index (χ1v) is 7.62. The molecule has 0 spiro atoms. The zero-order chi connectivity index (χ0) is 14.1. The van der Waals surface area contributed by atoms with E-state index in [2.05, 4.69) is 16.2 Å². The number of nitrogens with zero attached hydrogens (tertiary/aromatic N) is 1. The van der Waals surface area contributed by atoms with Crippen LogP contribution in [-0.2, 0) is 10.0 Å². The molecule has 0 radical (unpaired) electrons. The highest BCUT2D eigenvalue weighted by molar-refractivity contribution is 7.90. The molecule has 0 bridgehead atoms. The highest BCUT2D eigenvalue weighted by atomic mass is 32.2. The van der Waals surface area contributed by atoms with Crippen molar-refractivity contribution >= 4 is 15.8 Å². The first kappa shape index (κ1) is 13.8. The van der Waals surface area contributed by atoms with Crippen molar-refractivity contribution in [3.05, 3.63) is 23.4 Å². The van der Waals surface area contributed by atoms with Crippen molar-refractivity contribution in [2.45, 2.75) is 30.9 Å². The highest BCUT2D eigenvalue weighted by Gasteiger charge is 2.47. The average Bonchev–Trinajstić information content (AvgIpc) is 2.27. The Bertz CT molecular complexity index is 628. The van der Waals surface area contributed by atoms with Gasteiger partial charge >= 0.3 is 0 Å². The fourth-order valence-electron chi connectivity index (χ4n) is 2.22. The summed E-state index contributed by atoms with van der Waals surface area (Å²) < 4.78 is 22.4. The van der Waals surface area contributed by atoms with E-state index in [0.717, 1.165) is 12.0 Å². The van der Waals surface area contributed by atoms with Crippen molar-refractivity contribution in [1.82, 2.24) is 4.98 Å². The van der Waals surface area contributed by atoms with Gasteiger partial charge in [0.25, 0.3) is 0 Å². The fraction of sp³-hybridized carbons (Fsp3) is 0.462. The normalized spacial score (nSPS) is 17.3. The first-order valence-electron chi connectivity index (χ1n) is 6.07. The summed E-state index contributed by atoms with van der Waals surface area (Å²) in [6, 6.07) is 1.83. The maximum atomic E-state index is 11.6. The van der Waals surface area contributed by atoms with Crippen LogP contribution in [-0.4, -0.2) is 24.7 Å². The molecule has 1 fully saturated rings. The van der Waals surface area contributed by atoms with Crippen LogP contribution < -0.4 is 10.5 Å². The van der Waals surface area contributed by atoms with E-state index >= 15 is 0 Å². The predicted molar refractivity (Wildman–Crippen MR) is 75.1 cm³/mol. The van der Waals surface area contributed by atoms with Crippen LogP contribution in [0.2, 0.25) is 0 Å². The van der Waals surface area contributed by atoms with Crippen LogP contribution in [0.3, 0.4) is 0 Å². The van der Waals surface area contributed by atoms with Crippen molar-refractivity contribution in [1.29, 1.82) is 0 Å². The number of sulfonamides is 1. The van der Waals surface area contributed by atoms with Gasteiger partial charge in [0.05, 0.1) is 0 Å². The Kier molecular flexibility index (Phi) is 3.52. The quantitative estimate of drug-likeness (QED) is 0.805. The lowest BCUT2D eigenvalue weighted by Crippen LogP contribution is -2.53. The van der Waals surface area contributed by atoms with E-state index in [4.69, 9.17) is 11.6 Å². The summed E-state index contributed by atoms with van der Waals surface area (Å²) in [4.78, 5) is 4.20. The maximum absolute atomic E-state index is 11.6. The fourth-order valence-corrected chi connectivity index (χ4v) is 3.35. The number of nitrogens with two attached hydrogens (primary N) is 1. The number of aromatic nitrogens is 1. The van der Waals surface area contributed by atoms with E-state index in [1.54, 1.807) is 6.20 Å². The van der Waals surface area contributed by atoms with Crippen molar-refractivity contribution in [3.8, 4) is 12.3 Å². The van der Waals surface area contributed by atoms with E-state index in [1.807, 2.05) is 13.0 Å². The first-order chi connectivity index (χ1) is 8.88. The molecule has 6 heteroatoms. The number of rotatable bonds is 4. The third-order valence-electron chi connectivity index (χ3n) is 3.69. The zero-order valence-electron chi connectivity index (χ0n) is 10.8. The number of terminal acetylenes is 1. The zero-order valence-corrected chi connectivity index (χ0v) is 11.6. The number of primary sulfonamides is 1. The second-order valence-electron chi connectivity index (χ2n) is 4.97. The van der Waals surface area contributed by atoms with Crippen LogP contribution in [0.1, 0.15) is 30.4 Å². The number of hydrogen-bond acceptors (Lipinski definition) is 4. The number of anilines is 1. The standard InChI is InChI=1S/C13H17N3O2S/c1-3-11-7-10(2)12(15-8-11)16-9-13(5-4-6-13)19(14,17)18/h1,7-8H,4-6,9H2,2H3,(H,15,16)(H2,14,17,18). The summed E-state index contributed by atoms with van der Waals surface area (Å²) in [6.45, 7) is 2.16. The lowest BCUT2D eigenvalue weighted by atomic mass is 9.84. The second-order valence-corrected chi connectivity index (χ2v) is 6.93. The molecule has 5 nitrogen and oxygen atoms in total. The average molecular weight is 279 g/mol. The molecule has 1 aliphatic carbocycles. The number of pyridine rings is 1. The van der Waals surface area contributed by atoms with Gasteiger partial charge in [0, 0.05) is 18.3 Å². The Morgan fingerprint density at radius 3 is 2.68 bits per heavy atom. The van der Waals surface area contributed by atoms with Gasteiger partial charge in [-0.1, -0.05) is 12.3 Å². The monoisotopic (exact) mass is 279 g/mol. The van der Waals surface area contributed by atoms with Crippen LogP contribution in [0.25, 0.3) is 0 Å². The van der Waals surface area contributed by atoms with Crippen LogP contribution in [0.15, 0.2) is 12.3 Å². The van der Waals surface area contributed by atoms with Gasteiger partial charge in [0.1, 0.15) is 10.6 Å². The molecule has 0 aliphatic heterocycles. The Balaban J connectivity index is 2.13. The molecule has 1 heterocycles. The Morgan fingerprint density at radius 1 is 1.58 bits per heavy atom. The highest BCUT2D eigenvalue weighted by Crippen LogP contribution is 2.38. The molecule has 1 aliphatic rings. The minimum atomic E-state index is -3.55. The molecule has 1 saturated carbocycles. The van der Waals surface area contributed by atoms with Crippen molar-refractivity contribution in [3.63, 3.8) is 0 Å². The number of aryl methyl sites for hydroxylation is 1. The van der Waals surface area contributed by atoms with Gasteiger partial charge in [-0.05, 0) is 31.4 Å². The topological polar surface area (TPSA) is 85.1 Å². The molecule has 0 aromatic carbocycles. The van der Waals surface area contributed by atoms with E-state index < -0.39 is 14.8 Å². The molecule has 102 valence electrons. The Hall–Kier alpha value is -1.58. The minimum absolute atomic E-state index is 0.287. The molecule has 0 amide bonds. The molecule has 2 rings (SSSR count). The third kappa shape index (κ3) is 2.57. The van der Waals surface area contributed by atoms with Gasteiger partial charge in [0.15, 0.2) is 0 Å². The van der Waals surface area contributed by atoms with E-state index in [1.165, 1.54) is 0 Å². The van der Waals surface area contributed by atoms with Crippen LogP contribution >= 0.6 is 0 Å². The molecule has 19 heavy (non-hydrogen) atoms. The number of hydrogen-bond donors (Lipinski definition) is 2. The van der Waals surface area contributed by atoms with Gasteiger partial charge in [-0.15, -0.1) is 6.42 Å². The van der Waals surface area contributed by atoms with Crippen molar-refractivity contribution < 1.29 is 8.42 Å². The molecule has 1 aromatic rings. The second kappa shape index (κ2) is 4.83. The maximum Gasteiger partial charge on any atom is 0.216 e. The lowest BCUT2D eigenvalue weighted by molar-refractivity contribution is 0.351. The summed E-state index contributed by atoms with van der Waals surface area (Å²) in [5.74, 6) is 3.15. The summed E-state index contributed by atoms with van der Waals surface area (Å²) in [5.41, 5.74) is 1.59. The Labute approximate surface area is 113 Å². The van der Waals surface area contributed by atoms with Gasteiger partial charge in [-0.2, -0.15) is 0 Å². The molecular formula is C13H17N3O2S. The molecule has 0 saturated heterocycles. The van der Waals surface area contributed by atoms with Crippen LogP contribution in [0, 0.1) is 19.3 Å². The number of nitrogens with one attached hydrogen (secondary N) is 1. The van der Waals surface area contributed by atoms with Gasteiger partial charge in [-0.3, -0.25) is 0 Å². The van der Waals surface area contributed by atoms with E-state index in [9.17, 15) is 8.42 Å². The molecular weight excluding hydrogens is 262 g/mol. The summed E-state index contributed by atoms with van der Waals surface area (Å²) in [6.07, 6.45) is 8.96. The van der Waals surface area contributed by atoms with E-state index in [-0.39, 0.29) is 6.54 Å². The Morgan fingerprint density at radius 2 is 2.26 bits per heavy atom. The van der Waals surface area contributed by atoms with E-state index in [0.29, 0.717) is 24.2 Å². The summed E-state index contributed by atoms with van der Waals surface area (Å²) in [5, 5.41) is 8.38. The molecule has 0 atom stereocenters. The molecule has 0 unspecified atom stereocenters. The van der Waals surface area contributed by atoms with Crippen LogP contribution in [0.4, 0.5) is 5.82 Å². The largest absolute Gasteiger partial charge is 0.368 e. The molecule has 1 aromatic heterocycles. The van der Waals surface area contributed by atoms with Gasteiger partial charge in [0.2, 0.25) is 10.0 Å². The van der Waals surface area contributed by atoms with Crippen molar-refractivity contribution in [2.75, 3.05) is 11.9 Å². The summed E-state index contributed by atoms with van der Waals surface area (Å²) in [7, 11) is -3.55. The van der Waals surface area contributed by atoms with Crippen LogP contribution in [0.5, 0.6) is 0 Å². The minimum Gasteiger partial charge on any atom is -0.368 e. The summed E-state index contributed by atoms with van der Waals surface area (Å²) >= 11 is 0. The SMILES string of the molecule is C#Cc1cnc(NCC2(S(N)(=O)=O)CCC2)c(C)c1. The molecule has 3 N–H and O–H groups in total. The van der Waals surface area contributed by atoms with Gasteiger partial charge in [-0.25, -0.2) is 18.5 Å². The van der Waals surface area contributed by atoms with Crippen molar-refractivity contribution in [2.24, 2.45) is 5.14 Å². The van der Waals surface area contributed by atoms with Gasteiger partial charge < -0.3 is 5.32 Å². The smallest absolute Gasteiger partial charge is 0.216 e. The third-order valence-corrected chi connectivity index (χ3v) is 5.45. The lowest BCUT2D eigenvalue weighted by Gasteiger charge is -2.39. The predicted octanol–water partition coefficient (Wildman–Crippen LogP) is 0.994.